The highest BCUT2D eigenvalue weighted by Gasteiger charge is 2.38. The van der Waals surface area contributed by atoms with Gasteiger partial charge in [-0.15, -0.1) is 0 Å². The fourth-order valence-electron chi connectivity index (χ4n) is 2.69. The molecule has 0 bridgehead atoms. The molecule has 16 nitrogen and oxygen atoms in total. The molecule has 1 aromatic heterocycles. The molecule has 2 rings (SSSR count). The molecular formula is C20H24F3N7O9S. The maximum Gasteiger partial charge on any atom is 0.490 e. The lowest BCUT2D eigenvalue weighted by molar-refractivity contribution is -0.385. The first-order valence-corrected chi connectivity index (χ1v) is 12.1. The monoisotopic (exact) mass is 595 g/mol. The fourth-order valence-corrected chi connectivity index (χ4v) is 4.01. The molecule has 0 saturated carbocycles. The third-order valence-corrected chi connectivity index (χ3v) is 6.05. The summed E-state index contributed by atoms with van der Waals surface area (Å²) in [7, 11) is -4.33. The second kappa shape index (κ2) is 13.8. The second-order valence-corrected chi connectivity index (χ2v) is 9.25. The van der Waals surface area contributed by atoms with Crippen LogP contribution in [0.15, 0.2) is 45.2 Å². The average Bonchev–Trinajstić information content (AvgIpc) is 2.83. The minimum atomic E-state index is -5.08. The van der Waals surface area contributed by atoms with Gasteiger partial charge in [0.2, 0.25) is 11.9 Å². The number of rotatable bonds is 10. The number of carbonyl (C=O) groups excluding carboxylic acids is 1. The Hall–Kier alpha value is -4.88. The third kappa shape index (κ3) is 10.1. The number of benzene rings is 1. The topological polar surface area (TPSA) is 251 Å². The number of anilines is 1. The number of hydrogen-bond acceptors (Lipinski definition) is 9. The molecule has 0 fully saturated rings. The van der Waals surface area contributed by atoms with Crippen LogP contribution in [0.4, 0.5) is 24.5 Å². The van der Waals surface area contributed by atoms with Gasteiger partial charge in [0.1, 0.15) is 18.8 Å². The van der Waals surface area contributed by atoms with Crippen LogP contribution in [-0.4, -0.2) is 60.2 Å². The van der Waals surface area contributed by atoms with E-state index in [4.69, 9.17) is 26.2 Å². The highest BCUT2D eigenvalue weighted by molar-refractivity contribution is 7.92. The van der Waals surface area contributed by atoms with Crippen molar-refractivity contribution >= 4 is 39.2 Å². The number of halogens is 3. The van der Waals surface area contributed by atoms with E-state index < -0.39 is 50.8 Å². The van der Waals surface area contributed by atoms with Crippen molar-refractivity contribution in [1.82, 2.24) is 9.88 Å². The maximum atomic E-state index is 12.8. The number of carboxylic acid groups (broad SMARTS) is 1. The van der Waals surface area contributed by atoms with E-state index in [0.29, 0.717) is 5.69 Å². The molecule has 40 heavy (non-hydrogen) atoms. The summed E-state index contributed by atoms with van der Waals surface area (Å²) in [5, 5.41) is 23.9. The number of nitrogens with one attached hydrogen (secondary N) is 2. The van der Waals surface area contributed by atoms with Crippen molar-refractivity contribution in [2.45, 2.75) is 31.5 Å². The van der Waals surface area contributed by atoms with E-state index in [1.165, 1.54) is 31.2 Å². The zero-order valence-corrected chi connectivity index (χ0v) is 21.6. The van der Waals surface area contributed by atoms with E-state index in [-0.39, 0.29) is 35.3 Å². The molecule has 1 amide bonds. The van der Waals surface area contributed by atoms with Crippen LogP contribution in [0.5, 0.6) is 0 Å². The lowest BCUT2D eigenvalue weighted by Gasteiger charge is -2.14. The highest BCUT2D eigenvalue weighted by Crippen LogP contribution is 2.23. The number of nitrogens with zero attached hydrogens (tertiary/aromatic N) is 3. The summed E-state index contributed by atoms with van der Waals surface area (Å²) in [6.45, 7) is 2.69. The molecule has 0 aliphatic carbocycles. The van der Waals surface area contributed by atoms with Gasteiger partial charge in [-0.25, -0.2) is 13.2 Å². The largest absolute Gasteiger partial charge is 0.490 e. The Bertz CT molecular complexity index is 1450. The van der Waals surface area contributed by atoms with Gasteiger partial charge in [0.05, 0.1) is 16.4 Å². The van der Waals surface area contributed by atoms with Crippen LogP contribution in [0, 0.1) is 24.0 Å². The van der Waals surface area contributed by atoms with E-state index in [0.717, 1.165) is 10.6 Å². The Morgan fingerprint density at radius 2 is 1.80 bits per heavy atom. The Morgan fingerprint density at radius 1 is 1.20 bits per heavy atom. The zero-order valence-electron chi connectivity index (χ0n) is 20.8. The van der Waals surface area contributed by atoms with Gasteiger partial charge in [0.25, 0.3) is 21.3 Å². The summed E-state index contributed by atoms with van der Waals surface area (Å²) >= 11 is 0. The number of carboxylic acids is 1. The van der Waals surface area contributed by atoms with Crippen molar-refractivity contribution in [3.63, 3.8) is 0 Å². The lowest BCUT2D eigenvalue weighted by Crippen LogP contribution is -2.36. The van der Waals surface area contributed by atoms with Crippen LogP contribution >= 0.6 is 0 Å². The van der Waals surface area contributed by atoms with Crippen molar-refractivity contribution < 1.29 is 46.0 Å². The minimum absolute atomic E-state index is 0.0140. The third-order valence-electron chi connectivity index (χ3n) is 4.54. The summed E-state index contributed by atoms with van der Waals surface area (Å²) < 4.78 is 60.6. The predicted octanol–water partition coefficient (Wildman–Crippen LogP) is 0.129. The molecule has 1 heterocycles. The number of hydrogen-bond donors (Lipinski definition) is 5. The van der Waals surface area contributed by atoms with E-state index in [9.17, 15) is 41.3 Å². The number of sulfonamides is 1. The number of alkyl halides is 3. The van der Waals surface area contributed by atoms with Gasteiger partial charge in [0, 0.05) is 17.8 Å². The van der Waals surface area contributed by atoms with Crippen LogP contribution in [0.2, 0.25) is 0 Å². The number of pyridine rings is 1. The number of oxime groups is 1. The number of aryl methyl sites for hydroxylation is 2. The number of nitro benzene ring substituents is 1. The Labute approximate surface area is 223 Å². The summed E-state index contributed by atoms with van der Waals surface area (Å²) in [6.07, 6.45) is -5.08. The van der Waals surface area contributed by atoms with Gasteiger partial charge in [-0.05, 0) is 36.7 Å². The first kappa shape index (κ1) is 33.1. The number of amides is 1. The lowest BCUT2D eigenvalue weighted by atomic mass is 10.2. The van der Waals surface area contributed by atoms with Gasteiger partial charge < -0.3 is 31.3 Å². The van der Waals surface area contributed by atoms with Gasteiger partial charge in [-0.2, -0.15) is 13.2 Å². The molecule has 20 heteroatoms. The first-order chi connectivity index (χ1) is 18.4. The van der Waals surface area contributed by atoms with Crippen molar-refractivity contribution in [3.05, 3.63) is 62.1 Å². The Kier molecular flexibility index (Phi) is 11.4. The molecule has 1 aromatic carbocycles. The predicted molar refractivity (Wildman–Crippen MR) is 133 cm³/mol. The normalized spacial score (nSPS) is 10.9. The number of carbonyl (C=O) groups is 2. The van der Waals surface area contributed by atoms with Crippen molar-refractivity contribution in [2.24, 2.45) is 16.6 Å². The standard InChI is InChI=1S/C18H23N7O7S.C2HF3O2/c1-11-3-5-13(25(28)29)9-15(11)33(30,31)23-14-6-4-12(2)24(17(14)27)10-16(26)21-7-8-32-22-18(19)20;3-2(4,5)1(6)7/h3-6,9,23H,7-8,10H2,1-2H3,(H,21,26)(H4,19,20,22);(H,6,7). The molecule has 0 unspecified atom stereocenters. The summed E-state index contributed by atoms with van der Waals surface area (Å²) in [6, 6.07) is 6.08. The van der Waals surface area contributed by atoms with E-state index in [1.54, 1.807) is 6.92 Å². The summed E-state index contributed by atoms with van der Waals surface area (Å²) in [5.41, 5.74) is 9.33. The number of aliphatic carboxylic acids is 1. The quantitative estimate of drug-likeness (QED) is 0.0811. The van der Waals surface area contributed by atoms with Crippen molar-refractivity contribution in [1.29, 1.82) is 0 Å². The van der Waals surface area contributed by atoms with Gasteiger partial charge in [-0.1, -0.05) is 6.07 Å². The van der Waals surface area contributed by atoms with Crippen LogP contribution in [0.25, 0.3) is 0 Å². The molecule has 7 N–H and O–H groups in total. The summed E-state index contributed by atoms with van der Waals surface area (Å²) in [5.74, 6) is -3.57. The number of nitrogens with two attached hydrogens (primary N) is 2. The Morgan fingerprint density at radius 3 is 2.33 bits per heavy atom. The molecule has 0 atom stereocenters. The van der Waals surface area contributed by atoms with E-state index in [1.807, 2.05) is 0 Å². The smallest absolute Gasteiger partial charge is 0.475 e. The average molecular weight is 596 g/mol. The Balaban J connectivity index is 0.00000101. The van der Waals surface area contributed by atoms with Gasteiger partial charge >= 0.3 is 12.1 Å². The summed E-state index contributed by atoms with van der Waals surface area (Å²) in [4.78, 5) is 48.5. The van der Waals surface area contributed by atoms with Crippen LogP contribution < -0.4 is 27.1 Å². The van der Waals surface area contributed by atoms with Crippen molar-refractivity contribution in [2.75, 3.05) is 17.9 Å². The van der Waals surface area contributed by atoms with Crippen LogP contribution in [-0.2, 0) is 31.0 Å². The second-order valence-electron chi connectivity index (χ2n) is 7.59. The molecule has 0 saturated heterocycles. The molecule has 0 radical (unpaired) electrons. The number of non-ortho nitro benzene ring substituents is 1. The van der Waals surface area contributed by atoms with E-state index in [2.05, 4.69) is 15.2 Å². The van der Waals surface area contributed by atoms with Crippen LogP contribution in [0.3, 0.4) is 0 Å². The molecule has 0 spiro atoms. The first-order valence-electron chi connectivity index (χ1n) is 10.6. The molecule has 2 aromatic rings. The highest BCUT2D eigenvalue weighted by atomic mass is 32.2. The number of nitro groups is 1. The van der Waals surface area contributed by atoms with Crippen molar-refractivity contribution in [3.8, 4) is 0 Å². The zero-order chi connectivity index (χ0) is 30.8. The van der Waals surface area contributed by atoms with Crippen LogP contribution in [0.1, 0.15) is 11.3 Å². The number of guanidine groups is 1. The SMILES string of the molecule is Cc1ccc([N+](=O)[O-])cc1S(=O)(=O)Nc1ccc(C)n(CC(=O)NCCON=C(N)N)c1=O.O=C(O)C(F)(F)F. The molecule has 0 aliphatic rings. The van der Waals surface area contributed by atoms with Gasteiger partial charge in [0.15, 0.2) is 0 Å². The maximum absolute atomic E-state index is 12.8. The van der Waals surface area contributed by atoms with Gasteiger partial charge in [-0.3, -0.25) is 24.4 Å². The minimum Gasteiger partial charge on any atom is -0.475 e. The molecule has 220 valence electrons. The molecule has 0 aliphatic heterocycles. The molecular weight excluding hydrogens is 571 g/mol. The van der Waals surface area contributed by atoms with E-state index >= 15 is 0 Å². The number of aromatic nitrogens is 1. The fraction of sp³-hybridized carbons (Fsp3) is 0.300.